The molecule has 2 rings (SSSR count). The predicted octanol–water partition coefficient (Wildman–Crippen LogP) is 3.83. The van der Waals surface area contributed by atoms with Gasteiger partial charge < -0.3 is 10.2 Å². The van der Waals surface area contributed by atoms with Gasteiger partial charge in [0.05, 0.1) is 0 Å². The summed E-state index contributed by atoms with van der Waals surface area (Å²) in [7, 11) is 0. The zero-order valence-electron chi connectivity index (χ0n) is 13.1. The summed E-state index contributed by atoms with van der Waals surface area (Å²) in [6.45, 7) is 11.2. The Morgan fingerprint density at radius 1 is 1.35 bits per heavy atom. The molecular formula is C17H28N2S. The van der Waals surface area contributed by atoms with Crippen LogP contribution in [0.2, 0.25) is 0 Å². The number of benzene rings is 1. The summed E-state index contributed by atoms with van der Waals surface area (Å²) in [5.74, 6) is 1.26. The molecule has 3 heteroatoms. The van der Waals surface area contributed by atoms with Crippen LogP contribution >= 0.6 is 11.8 Å². The second-order valence-electron chi connectivity index (χ2n) is 5.64. The fourth-order valence-electron chi connectivity index (χ4n) is 2.78. The highest BCUT2D eigenvalue weighted by molar-refractivity contribution is 8.00. The van der Waals surface area contributed by atoms with Gasteiger partial charge in [0.1, 0.15) is 0 Å². The van der Waals surface area contributed by atoms with Gasteiger partial charge in [-0.2, -0.15) is 11.8 Å². The third kappa shape index (κ3) is 4.16. The molecule has 1 aliphatic rings. The zero-order valence-corrected chi connectivity index (χ0v) is 13.9. The Morgan fingerprint density at radius 3 is 2.90 bits per heavy atom. The van der Waals surface area contributed by atoms with Crippen LogP contribution in [0.5, 0.6) is 0 Å². The lowest BCUT2D eigenvalue weighted by atomic mass is 10.1. The minimum Gasteiger partial charge on any atom is -0.369 e. The van der Waals surface area contributed by atoms with Crippen molar-refractivity contribution in [1.29, 1.82) is 0 Å². The van der Waals surface area contributed by atoms with Crippen molar-refractivity contribution in [3.8, 4) is 0 Å². The first-order chi connectivity index (χ1) is 9.74. The van der Waals surface area contributed by atoms with Gasteiger partial charge >= 0.3 is 0 Å². The Bertz CT molecular complexity index is 419. The van der Waals surface area contributed by atoms with E-state index in [1.54, 1.807) is 0 Å². The van der Waals surface area contributed by atoms with Gasteiger partial charge in [-0.1, -0.05) is 26.0 Å². The van der Waals surface area contributed by atoms with Crippen molar-refractivity contribution >= 4 is 17.4 Å². The number of anilines is 1. The van der Waals surface area contributed by atoms with Crippen molar-refractivity contribution < 1.29 is 0 Å². The summed E-state index contributed by atoms with van der Waals surface area (Å²) in [4.78, 5) is 2.57. The summed E-state index contributed by atoms with van der Waals surface area (Å²) in [6, 6.07) is 6.95. The first-order valence-corrected chi connectivity index (χ1v) is 8.96. The lowest BCUT2D eigenvalue weighted by Gasteiger charge is -2.34. The fraction of sp³-hybridized carbons (Fsp3) is 0.647. The third-order valence-corrected chi connectivity index (χ3v) is 5.32. The van der Waals surface area contributed by atoms with E-state index in [-0.39, 0.29) is 0 Å². The van der Waals surface area contributed by atoms with E-state index < -0.39 is 0 Å². The number of aryl methyl sites for hydroxylation is 1. The summed E-state index contributed by atoms with van der Waals surface area (Å²) in [6.07, 6.45) is 2.47. The number of nitrogens with zero attached hydrogens (tertiary/aromatic N) is 1. The number of thioether (sulfide) groups is 1. The van der Waals surface area contributed by atoms with Gasteiger partial charge in [-0.3, -0.25) is 0 Å². The molecule has 112 valence electrons. The van der Waals surface area contributed by atoms with Crippen molar-refractivity contribution in [2.24, 2.45) is 0 Å². The first kappa shape index (κ1) is 15.7. The molecule has 1 N–H and O–H groups in total. The van der Waals surface area contributed by atoms with E-state index in [1.165, 1.54) is 48.5 Å². The molecule has 1 aromatic rings. The molecule has 0 radical (unpaired) electrons. The summed E-state index contributed by atoms with van der Waals surface area (Å²) in [5, 5.41) is 4.28. The van der Waals surface area contributed by atoms with Crippen LogP contribution in [0.4, 0.5) is 5.69 Å². The van der Waals surface area contributed by atoms with Crippen molar-refractivity contribution in [2.75, 3.05) is 30.3 Å². The molecule has 0 saturated carbocycles. The van der Waals surface area contributed by atoms with Crippen molar-refractivity contribution in [3.05, 3.63) is 29.3 Å². The van der Waals surface area contributed by atoms with Crippen molar-refractivity contribution in [2.45, 2.75) is 45.4 Å². The van der Waals surface area contributed by atoms with Crippen LogP contribution in [0.1, 0.15) is 37.8 Å². The van der Waals surface area contributed by atoms with Gasteiger partial charge in [-0.25, -0.2) is 0 Å². The van der Waals surface area contributed by atoms with Crippen LogP contribution in [0, 0.1) is 6.92 Å². The largest absolute Gasteiger partial charge is 0.369 e. The van der Waals surface area contributed by atoms with E-state index in [9.17, 15) is 0 Å². The van der Waals surface area contributed by atoms with E-state index >= 15 is 0 Å². The topological polar surface area (TPSA) is 15.3 Å². The highest BCUT2D eigenvalue weighted by Gasteiger charge is 2.20. The van der Waals surface area contributed by atoms with Crippen molar-refractivity contribution in [1.82, 2.24) is 5.32 Å². The Hall–Kier alpha value is -0.670. The molecule has 1 aromatic carbocycles. The van der Waals surface area contributed by atoms with Gasteiger partial charge in [-0.05, 0) is 43.5 Å². The quantitative estimate of drug-likeness (QED) is 0.802. The second kappa shape index (κ2) is 7.94. The molecule has 0 aromatic heterocycles. The number of hydrogen-bond donors (Lipinski definition) is 1. The SMILES string of the molecule is CCCNCc1ccc(N2CCSC(CC)C2)c(C)c1. The van der Waals surface area contributed by atoms with E-state index in [4.69, 9.17) is 0 Å². The maximum atomic E-state index is 3.48. The van der Waals surface area contributed by atoms with E-state index in [2.05, 4.69) is 60.9 Å². The predicted molar refractivity (Wildman–Crippen MR) is 91.9 cm³/mol. The lowest BCUT2D eigenvalue weighted by molar-refractivity contribution is 0.674. The molecule has 0 bridgehead atoms. The third-order valence-electron chi connectivity index (χ3n) is 3.95. The molecule has 1 unspecified atom stereocenters. The molecule has 1 fully saturated rings. The maximum absolute atomic E-state index is 3.48. The Kier molecular flexibility index (Phi) is 6.24. The highest BCUT2D eigenvalue weighted by atomic mass is 32.2. The molecule has 2 nitrogen and oxygen atoms in total. The molecule has 0 spiro atoms. The lowest BCUT2D eigenvalue weighted by Crippen LogP contribution is -2.38. The van der Waals surface area contributed by atoms with E-state index in [0.29, 0.717) is 0 Å². The van der Waals surface area contributed by atoms with E-state index in [0.717, 1.165) is 18.3 Å². The monoisotopic (exact) mass is 292 g/mol. The van der Waals surface area contributed by atoms with Crippen LogP contribution in [-0.4, -0.2) is 30.6 Å². The second-order valence-corrected chi connectivity index (χ2v) is 7.05. The molecule has 0 aliphatic carbocycles. The average molecular weight is 292 g/mol. The summed E-state index contributed by atoms with van der Waals surface area (Å²) in [5.41, 5.74) is 4.25. The Balaban J connectivity index is 2.01. The number of nitrogens with one attached hydrogen (secondary N) is 1. The smallest absolute Gasteiger partial charge is 0.0396 e. The zero-order chi connectivity index (χ0) is 14.4. The molecule has 1 heterocycles. The fourth-order valence-corrected chi connectivity index (χ4v) is 3.96. The van der Waals surface area contributed by atoms with Crippen LogP contribution < -0.4 is 10.2 Å². The molecule has 1 saturated heterocycles. The Morgan fingerprint density at radius 2 is 2.20 bits per heavy atom. The highest BCUT2D eigenvalue weighted by Crippen LogP contribution is 2.28. The van der Waals surface area contributed by atoms with Crippen LogP contribution in [-0.2, 0) is 6.54 Å². The minimum atomic E-state index is 0.800. The van der Waals surface area contributed by atoms with Gasteiger partial charge in [0.2, 0.25) is 0 Å². The molecular weight excluding hydrogens is 264 g/mol. The molecule has 0 amide bonds. The maximum Gasteiger partial charge on any atom is 0.0396 e. The van der Waals surface area contributed by atoms with Crippen LogP contribution in [0.15, 0.2) is 18.2 Å². The van der Waals surface area contributed by atoms with Crippen LogP contribution in [0.25, 0.3) is 0 Å². The summed E-state index contributed by atoms with van der Waals surface area (Å²) < 4.78 is 0. The number of rotatable bonds is 6. The van der Waals surface area contributed by atoms with Crippen molar-refractivity contribution in [3.63, 3.8) is 0 Å². The Labute approximate surface area is 128 Å². The van der Waals surface area contributed by atoms with Gasteiger partial charge in [0.15, 0.2) is 0 Å². The van der Waals surface area contributed by atoms with Gasteiger partial charge in [-0.15, -0.1) is 0 Å². The molecule has 1 atom stereocenters. The molecule has 20 heavy (non-hydrogen) atoms. The van der Waals surface area contributed by atoms with Gasteiger partial charge in [0.25, 0.3) is 0 Å². The number of hydrogen-bond acceptors (Lipinski definition) is 3. The summed E-state index contributed by atoms with van der Waals surface area (Å²) >= 11 is 2.13. The van der Waals surface area contributed by atoms with E-state index in [1.807, 2.05) is 0 Å². The molecule has 1 aliphatic heterocycles. The normalized spacial score (nSPS) is 19.4. The van der Waals surface area contributed by atoms with Gasteiger partial charge in [0, 0.05) is 36.3 Å². The standard InChI is InChI=1S/C17H28N2S/c1-4-8-18-12-15-6-7-17(14(3)11-15)19-9-10-20-16(5-2)13-19/h6-7,11,16,18H,4-5,8-10,12-13H2,1-3H3. The minimum absolute atomic E-state index is 0.800. The first-order valence-electron chi connectivity index (χ1n) is 7.91. The average Bonchev–Trinajstić information content (AvgIpc) is 2.48. The van der Waals surface area contributed by atoms with Crippen LogP contribution in [0.3, 0.4) is 0 Å².